The van der Waals surface area contributed by atoms with Crippen molar-refractivity contribution in [3.8, 4) is 11.5 Å². The van der Waals surface area contributed by atoms with Crippen molar-refractivity contribution in [3.63, 3.8) is 0 Å². The number of hydrogen-bond acceptors (Lipinski definition) is 5. The topological polar surface area (TPSA) is 59.1 Å². The smallest absolute Gasteiger partial charge is 0.337 e. The van der Waals surface area contributed by atoms with Crippen LogP contribution in [0.15, 0.2) is 42.5 Å². The predicted octanol–water partition coefficient (Wildman–Crippen LogP) is 3.36. The highest BCUT2D eigenvalue weighted by Crippen LogP contribution is 2.27. The second-order valence-corrected chi connectivity index (χ2v) is 7.53. The van der Waals surface area contributed by atoms with E-state index in [4.69, 9.17) is 9.47 Å². The van der Waals surface area contributed by atoms with Gasteiger partial charge in [-0.05, 0) is 80.4 Å². The van der Waals surface area contributed by atoms with Gasteiger partial charge in [0.1, 0.15) is 11.5 Å². The summed E-state index contributed by atoms with van der Waals surface area (Å²) in [5.41, 5.74) is 2.27. The van der Waals surface area contributed by atoms with Crippen LogP contribution in [0.2, 0.25) is 0 Å². The zero-order valence-electron chi connectivity index (χ0n) is 16.7. The molecule has 6 heteroatoms. The maximum Gasteiger partial charge on any atom is 0.337 e. The third kappa shape index (κ3) is 4.43. The van der Waals surface area contributed by atoms with Gasteiger partial charge in [0.15, 0.2) is 0 Å². The highest BCUT2D eigenvalue weighted by Gasteiger charge is 2.25. The summed E-state index contributed by atoms with van der Waals surface area (Å²) in [5, 5.41) is 0. The van der Waals surface area contributed by atoms with Gasteiger partial charge in [-0.15, -0.1) is 0 Å². The Bertz CT molecular complexity index is 888. The molecule has 2 aromatic rings. The fourth-order valence-corrected chi connectivity index (χ4v) is 3.97. The van der Waals surface area contributed by atoms with E-state index in [9.17, 15) is 9.59 Å². The number of benzene rings is 2. The lowest BCUT2D eigenvalue weighted by Gasteiger charge is -2.30. The normalized spacial score (nSPS) is 16.6. The van der Waals surface area contributed by atoms with Gasteiger partial charge >= 0.3 is 5.97 Å². The molecule has 2 aromatic carbocycles. The van der Waals surface area contributed by atoms with Gasteiger partial charge in [-0.2, -0.15) is 0 Å². The third-order valence-electron chi connectivity index (χ3n) is 5.64. The molecule has 2 heterocycles. The van der Waals surface area contributed by atoms with Gasteiger partial charge in [-0.1, -0.05) is 0 Å². The van der Waals surface area contributed by atoms with Crippen LogP contribution in [-0.4, -0.2) is 61.5 Å². The van der Waals surface area contributed by atoms with Crippen LogP contribution >= 0.6 is 0 Å². The molecule has 29 heavy (non-hydrogen) atoms. The van der Waals surface area contributed by atoms with Gasteiger partial charge in [0, 0.05) is 25.2 Å². The third-order valence-corrected chi connectivity index (χ3v) is 5.64. The summed E-state index contributed by atoms with van der Waals surface area (Å²) >= 11 is 0. The van der Waals surface area contributed by atoms with E-state index in [2.05, 4.69) is 4.90 Å². The van der Waals surface area contributed by atoms with Gasteiger partial charge in [0.2, 0.25) is 0 Å². The molecule has 1 amide bonds. The van der Waals surface area contributed by atoms with Crippen molar-refractivity contribution >= 4 is 11.9 Å². The Kier molecular flexibility index (Phi) is 5.81. The maximum atomic E-state index is 12.8. The van der Waals surface area contributed by atoms with Crippen molar-refractivity contribution in [2.75, 3.05) is 39.8 Å². The lowest BCUT2D eigenvalue weighted by Crippen LogP contribution is -2.42. The summed E-state index contributed by atoms with van der Waals surface area (Å²) < 4.78 is 10.6. The second-order valence-electron chi connectivity index (χ2n) is 7.53. The number of amides is 1. The van der Waals surface area contributed by atoms with Crippen molar-refractivity contribution in [1.82, 2.24) is 9.80 Å². The highest BCUT2D eigenvalue weighted by atomic mass is 16.5. The average molecular weight is 394 g/mol. The van der Waals surface area contributed by atoms with Crippen molar-refractivity contribution in [3.05, 3.63) is 59.2 Å². The molecular weight excluding hydrogens is 368 g/mol. The minimum absolute atomic E-state index is 0.111. The summed E-state index contributed by atoms with van der Waals surface area (Å²) in [6.45, 7) is 4.81. The summed E-state index contributed by atoms with van der Waals surface area (Å²) in [4.78, 5) is 28.8. The molecule has 6 nitrogen and oxygen atoms in total. The lowest BCUT2D eigenvalue weighted by molar-refractivity contribution is 0.0600. The number of esters is 1. The molecule has 0 atom stereocenters. The summed E-state index contributed by atoms with van der Waals surface area (Å²) in [6.07, 6.45) is 3.37. The Morgan fingerprint density at radius 1 is 0.966 bits per heavy atom. The van der Waals surface area contributed by atoms with E-state index in [1.807, 2.05) is 23.1 Å². The number of carbonyl (C=O) groups is 2. The van der Waals surface area contributed by atoms with Crippen LogP contribution in [0.5, 0.6) is 11.5 Å². The quantitative estimate of drug-likeness (QED) is 0.703. The van der Waals surface area contributed by atoms with Crippen LogP contribution in [0.3, 0.4) is 0 Å². The maximum absolute atomic E-state index is 12.8. The van der Waals surface area contributed by atoms with Crippen molar-refractivity contribution in [1.29, 1.82) is 0 Å². The molecule has 2 aliphatic heterocycles. The average Bonchev–Trinajstić information content (AvgIpc) is 3.27. The molecule has 0 radical (unpaired) electrons. The minimum Gasteiger partial charge on any atom is -0.465 e. The standard InChI is InChI=1S/C23H26N2O4/c1-28-23(27)17-4-6-19(7-5-17)29-20-8-9-21-18(16-20)10-13-25(22(21)26)15-14-24-11-2-3-12-24/h4-9,16H,2-3,10-15H2,1H3. The molecule has 2 aliphatic rings. The second kappa shape index (κ2) is 8.66. The Balaban J connectivity index is 1.40. The summed E-state index contributed by atoms with van der Waals surface area (Å²) in [5.74, 6) is 1.05. The van der Waals surface area contributed by atoms with Crippen LogP contribution in [0, 0.1) is 0 Å². The number of hydrogen-bond donors (Lipinski definition) is 0. The van der Waals surface area contributed by atoms with Crippen LogP contribution in [0.1, 0.15) is 39.1 Å². The molecule has 0 bridgehead atoms. The Morgan fingerprint density at radius 2 is 1.69 bits per heavy atom. The molecule has 1 saturated heterocycles. The molecule has 0 unspecified atom stereocenters. The van der Waals surface area contributed by atoms with Crippen LogP contribution < -0.4 is 4.74 Å². The molecule has 0 N–H and O–H groups in total. The van der Waals surface area contributed by atoms with Gasteiger partial charge in [0.25, 0.3) is 5.91 Å². The molecule has 4 rings (SSSR count). The SMILES string of the molecule is COC(=O)c1ccc(Oc2ccc3c(c2)CCN(CCN2CCCC2)C3=O)cc1. The van der Waals surface area contributed by atoms with E-state index in [0.29, 0.717) is 17.1 Å². The largest absolute Gasteiger partial charge is 0.465 e. The lowest BCUT2D eigenvalue weighted by atomic mass is 9.98. The first-order valence-electron chi connectivity index (χ1n) is 10.1. The van der Waals surface area contributed by atoms with E-state index in [1.165, 1.54) is 20.0 Å². The first kappa shape index (κ1) is 19.5. The van der Waals surface area contributed by atoms with E-state index in [1.54, 1.807) is 24.3 Å². The van der Waals surface area contributed by atoms with Crippen LogP contribution in [-0.2, 0) is 11.2 Å². The molecule has 0 spiro atoms. The van der Waals surface area contributed by atoms with E-state index in [0.717, 1.165) is 50.3 Å². The molecule has 0 aromatic heterocycles. The molecule has 0 saturated carbocycles. The molecular formula is C23H26N2O4. The van der Waals surface area contributed by atoms with Gasteiger partial charge < -0.3 is 19.3 Å². The number of methoxy groups -OCH3 is 1. The van der Waals surface area contributed by atoms with Crippen molar-refractivity contribution in [2.45, 2.75) is 19.3 Å². The fraction of sp³-hybridized carbons (Fsp3) is 0.391. The zero-order chi connectivity index (χ0) is 20.2. The van der Waals surface area contributed by atoms with Crippen molar-refractivity contribution in [2.24, 2.45) is 0 Å². The summed E-state index contributed by atoms with van der Waals surface area (Å²) in [7, 11) is 1.36. The molecule has 0 aliphatic carbocycles. The van der Waals surface area contributed by atoms with Gasteiger partial charge in [0.05, 0.1) is 12.7 Å². The number of nitrogens with zero attached hydrogens (tertiary/aromatic N) is 2. The number of ether oxygens (including phenoxy) is 2. The first-order valence-corrected chi connectivity index (χ1v) is 10.1. The summed E-state index contributed by atoms with van der Waals surface area (Å²) in [6, 6.07) is 12.4. The first-order chi connectivity index (χ1) is 14.1. The molecule has 152 valence electrons. The van der Waals surface area contributed by atoms with Gasteiger partial charge in [-0.25, -0.2) is 4.79 Å². The van der Waals surface area contributed by atoms with Crippen LogP contribution in [0.4, 0.5) is 0 Å². The van der Waals surface area contributed by atoms with Crippen LogP contribution in [0.25, 0.3) is 0 Å². The van der Waals surface area contributed by atoms with E-state index in [-0.39, 0.29) is 11.9 Å². The van der Waals surface area contributed by atoms with Crippen molar-refractivity contribution < 1.29 is 19.1 Å². The predicted molar refractivity (Wildman–Crippen MR) is 110 cm³/mol. The zero-order valence-corrected chi connectivity index (χ0v) is 16.7. The number of rotatable bonds is 6. The fourth-order valence-electron chi connectivity index (χ4n) is 3.97. The number of likely N-dealkylation sites (tertiary alicyclic amines) is 1. The van der Waals surface area contributed by atoms with E-state index >= 15 is 0 Å². The Labute approximate surface area is 171 Å². The molecule has 1 fully saturated rings. The Hall–Kier alpha value is -2.86. The monoisotopic (exact) mass is 394 g/mol. The minimum atomic E-state index is -0.377. The highest BCUT2D eigenvalue weighted by molar-refractivity contribution is 5.97. The Morgan fingerprint density at radius 3 is 2.41 bits per heavy atom. The van der Waals surface area contributed by atoms with E-state index < -0.39 is 0 Å². The number of fused-ring (bicyclic) bond motifs is 1. The van der Waals surface area contributed by atoms with Gasteiger partial charge in [-0.3, -0.25) is 4.79 Å². The number of carbonyl (C=O) groups excluding carboxylic acids is 2.